The molecular formula is C19H22N2O2. The quantitative estimate of drug-likeness (QED) is 0.677. The summed E-state index contributed by atoms with van der Waals surface area (Å²) < 4.78 is 5.13. The summed E-state index contributed by atoms with van der Waals surface area (Å²) in [5, 5.41) is 4.19. The van der Waals surface area contributed by atoms with E-state index in [1.165, 1.54) is 0 Å². The van der Waals surface area contributed by atoms with E-state index in [-0.39, 0.29) is 5.91 Å². The molecule has 0 bridgehead atoms. The van der Waals surface area contributed by atoms with Crippen LogP contribution in [0.1, 0.15) is 34.0 Å². The molecule has 0 unspecified atom stereocenters. The normalized spacial score (nSPS) is 11.2. The molecule has 0 fully saturated rings. The van der Waals surface area contributed by atoms with Crippen molar-refractivity contribution in [3.63, 3.8) is 0 Å². The van der Waals surface area contributed by atoms with Gasteiger partial charge in [0.2, 0.25) is 0 Å². The van der Waals surface area contributed by atoms with E-state index in [0.29, 0.717) is 12.0 Å². The number of carbonyl (C=O) groups excluding carboxylic acids is 1. The predicted molar refractivity (Wildman–Crippen MR) is 93.2 cm³/mol. The van der Waals surface area contributed by atoms with Gasteiger partial charge in [0.1, 0.15) is 5.75 Å². The Morgan fingerprint density at radius 2 is 1.83 bits per heavy atom. The Bertz CT molecular complexity index is 719. The summed E-state index contributed by atoms with van der Waals surface area (Å²) in [7, 11) is 1.64. The number of benzene rings is 2. The maximum Gasteiger partial charge on any atom is 0.271 e. The Hall–Kier alpha value is -2.62. The molecule has 0 saturated carbocycles. The molecule has 2 aromatic rings. The average Bonchev–Trinajstić information content (AvgIpc) is 2.53. The van der Waals surface area contributed by atoms with Crippen molar-refractivity contribution >= 4 is 11.6 Å². The lowest BCUT2D eigenvalue weighted by Gasteiger charge is -2.07. The number of aryl methyl sites for hydroxylation is 2. The average molecular weight is 310 g/mol. The number of hydrogen-bond donors (Lipinski definition) is 1. The fourth-order valence-electron chi connectivity index (χ4n) is 2.35. The van der Waals surface area contributed by atoms with Crippen molar-refractivity contribution in [3.05, 3.63) is 64.7 Å². The summed E-state index contributed by atoms with van der Waals surface area (Å²) in [4.78, 5) is 12.2. The first-order chi connectivity index (χ1) is 11.0. The fraction of sp³-hybridized carbons (Fsp3) is 0.263. The van der Waals surface area contributed by atoms with Gasteiger partial charge < -0.3 is 4.74 Å². The number of rotatable bonds is 5. The third-order valence-electron chi connectivity index (χ3n) is 3.59. The Morgan fingerprint density at radius 3 is 2.43 bits per heavy atom. The zero-order chi connectivity index (χ0) is 16.8. The number of hydrazone groups is 1. The Morgan fingerprint density at radius 1 is 1.13 bits per heavy atom. The molecule has 0 heterocycles. The van der Waals surface area contributed by atoms with Crippen molar-refractivity contribution in [1.29, 1.82) is 0 Å². The minimum absolute atomic E-state index is 0.184. The molecule has 4 heteroatoms. The topological polar surface area (TPSA) is 50.7 Å². The molecule has 0 atom stereocenters. The Kier molecular flexibility index (Phi) is 5.52. The van der Waals surface area contributed by atoms with Crippen LogP contribution in [0.4, 0.5) is 0 Å². The highest BCUT2D eigenvalue weighted by Gasteiger charge is 2.08. The van der Waals surface area contributed by atoms with Crippen LogP contribution >= 0.6 is 0 Å². The second kappa shape index (κ2) is 7.58. The lowest BCUT2D eigenvalue weighted by molar-refractivity contribution is 0.0954. The number of carbonyl (C=O) groups is 1. The number of amides is 1. The zero-order valence-electron chi connectivity index (χ0n) is 14.0. The molecule has 23 heavy (non-hydrogen) atoms. The standard InChI is InChI=1S/C19H22N2O2/c1-13-5-10-18(14(2)11-13)19(22)21-20-15(3)12-16-6-8-17(23-4)9-7-16/h5-11H,12H2,1-4H3,(H,21,22)/b20-15-. The summed E-state index contributed by atoms with van der Waals surface area (Å²) in [6, 6.07) is 13.5. The molecule has 0 aliphatic carbocycles. The summed E-state index contributed by atoms with van der Waals surface area (Å²) in [6.07, 6.45) is 0.678. The van der Waals surface area contributed by atoms with Crippen LogP contribution in [0.3, 0.4) is 0 Å². The second-order valence-corrected chi connectivity index (χ2v) is 5.63. The van der Waals surface area contributed by atoms with E-state index in [9.17, 15) is 4.79 Å². The van der Waals surface area contributed by atoms with Crippen LogP contribution in [-0.4, -0.2) is 18.7 Å². The number of hydrogen-bond acceptors (Lipinski definition) is 3. The zero-order valence-corrected chi connectivity index (χ0v) is 14.0. The van der Waals surface area contributed by atoms with Crippen LogP contribution in [-0.2, 0) is 6.42 Å². The van der Waals surface area contributed by atoms with Crippen molar-refractivity contribution in [3.8, 4) is 5.75 Å². The van der Waals surface area contributed by atoms with Gasteiger partial charge in [-0.15, -0.1) is 0 Å². The third kappa shape index (κ3) is 4.68. The number of ether oxygens (including phenoxy) is 1. The molecule has 4 nitrogen and oxygen atoms in total. The summed E-state index contributed by atoms with van der Waals surface area (Å²) >= 11 is 0. The molecule has 0 aliphatic rings. The lowest BCUT2D eigenvalue weighted by atomic mass is 10.1. The third-order valence-corrected chi connectivity index (χ3v) is 3.59. The van der Waals surface area contributed by atoms with Gasteiger partial charge in [0.25, 0.3) is 5.91 Å². The highest BCUT2D eigenvalue weighted by atomic mass is 16.5. The van der Waals surface area contributed by atoms with Crippen molar-refractivity contribution in [2.45, 2.75) is 27.2 Å². The first kappa shape index (κ1) is 16.7. The van der Waals surface area contributed by atoms with E-state index in [1.807, 2.05) is 63.2 Å². The van der Waals surface area contributed by atoms with E-state index in [0.717, 1.165) is 28.2 Å². The van der Waals surface area contributed by atoms with Gasteiger partial charge in [-0.1, -0.05) is 29.8 Å². The van der Waals surface area contributed by atoms with E-state index in [4.69, 9.17) is 4.74 Å². The van der Waals surface area contributed by atoms with Gasteiger partial charge in [-0.3, -0.25) is 4.79 Å². The minimum atomic E-state index is -0.184. The largest absolute Gasteiger partial charge is 0.497 e. The first-order valence-corrected chi connectivity index (χ1v) is 7.53. The van der Waals surface area contributed by atoms with Crippen LogP contribution in [0.15, 0.2) is 47.6 Å². The Balaban J connectivity index is 1.99. The van der Waals surface area contributed by atoms with Crippen LogP contribution in [0.2, 0.25) is 0 Å². The van der Waals surface area contributed by atoms with Gasteiger partial charge in [0.05, 0.1) is 7.11 Å². The number of methoxy groups -OCH3 is 1. The van der Waals surface area contributed by atoms with Gasteiger partial charge in [-0.2, -0.15) is 5.10 Å². The molecule has 0 spiro atoms. The molecule has 1 amide bonds. The number of nitrogens with one attached hydrogen (secondary N) is 1. The van der Waals surface area contributed by atoms with E-state index in [2.05, 4.69) is 10.5 Å². The summed E-state index contributed by atoms with van der Waals surface area (Å²) in [6.45, 7) is 5.83. The molecular weight excluding hydrogens is 288 g/mol. The van der Waals surface area contributed by atoms with Crippen molar-refractivity contribution in [2.24, 2.45) is 5.10 Å². The predicted octanol–water partition coefficient (Wildman–Crippen LogP) is 3.66. The summed E-state index contributed by atoms with van der Waals surface area (Å²) in [5.41, 5.74) is 7.32. The second-order valence-electron chi connectivity index (χ2n) is 5.63. The van der Waals surface area contributed by atoms with Crippen LogP contribution in [0.5, 0.6) is 5.75 Å². The maximum absolute atomic E-state index is 12.2. The van der Waals surface area contributed by atoms with E-state index < -0.39 is 0 Å². The molecule has 0 aliphatic heterocycles. The molecule has 1 N–H and O–H groups in total. The monoisotopic (exact) mass is 310 g/mol. The molecule has 0 aromatic heterocycles. The van der Waals surface area contributed by atoms with E-state index >= 15 is 0 Å². The molecule has 0 radical (unpaired) electrons. The maximum atomic E-state index is 12.2. The van der Waals surface area contributed by atoms with Gasteiger partial charge in [-0.05, 0) is 50.1 Å². The van der Waals surface area contributed by atoms with Crippen molar-refractivity contribution < 1.29 is 9.53 Å². The fourth-order valence-corrected chi connectivity index (χ4v) is 2.35. The van der Waals surface area contributed by atoms with E-state index in [1.54, 1.807) is 7.11 Å². The summed E-state index contributed by atoms with van der Waals surface area (Å²) in [5.74, 6) is 0.642. The molecule has 0 saturated heterocycles. The van der Waals surface area contributed by atoms with Crippen LogP contribution in [0, 0.1) is 13.8 Å². The Labute approximate surface area is 137 Å². The SMILES string of the molecule is COc1ccc(C/C(C)=N\NC(=O)c2ccc(C)cc2C)cc1. The molecule has 2 aromatic carbocycles. The van der Waals surface area contributed by atoms with Crippen LogP contribution in [0.25, 0.3) is 0 Å². The smallest absolute Gasteiger partial charge is 0.271 e. The van der Waals surface area contributed by atoms with Crippen molar-refractivity contribution in [2.75, 3.05) is 7.11 Å². The lowest BCUT2D eigenvalue weighted by Crippen LogP contribution is -2.20. The van der Waals surface area contributed by atoms with Crippen molar-refractivity contribution in [1.82, 2.24) is 5.43 Å². The van der Waals surface area contributed by atoms with Gasteiger partial charge in [0, 0.05) is 17.7 Å². The van der Waals surface area contributed by atoms with Gasteiger partial charge >= 0.3 is 0 Å². The van der Waals surface area contributed by atoms with Gasteiger partial charge in [-0.25, -0.2) is 5.43 Å². The first-order valence-electron chi connectivity index (χ1n) is 7.53. The molecule has 120 valence electrons. The van der Waals surface area contributed by atoms with Gasteiger partial charge in [0.15, 0.2) is 0 Å². The minimum Gasteiger partial charge on any atom is -0.497 e. The highest BCUT2D eigenvalue weighted by molar-refractivity contribution is 5.96. The highest BCUT2D eigenvalue weighted by Crippen LogP contribution is 2.12. The number of nitrogens with zero attached hydrogens (tertiary/aromatic N) is 1. The van der Waals surface area contributed by atoms with Crippen LogP contribution < -0.4 is 10.2 Å². The molecule has 2 rings (SSSR count).